The molecule has 0 aromatic carbocycles. The molecular formula is C17H26N2O3S. The summed E-state index contributed by atoms with van der Waals surface area (Å²) >= 11 is 0. The summed E-state index contributed by atoms with van der Waals surface area (Å²) in [6.07, 6.45) is 8.56. The van der Waals surface area contributed by atoms with E-state index in [4.69, 9.17) is 0 Å². The fraction of sp³-hybridized carbons (Fsp3) is 0.706. The molecule has 0 unspecified atom stereocenters. The van der Waals surface area contributed by atoms with Crippen LogP contribution in [0.5, 0.6) is 0 Å². The molecule has 1 aliphatic heterocycles. The van der Waals surface area contributed by atoms with Crippen molar-refractivity contribution in [2.75, 3.05) is 24.6 Å². The molecule has 0 radical (unpaired) electrons. The quantitative estimate of drug-likeness (QED) is 0.849. The minimum absolute atomic E-state index is 0.0280. The normalized spacial score (nSPS) is 22.2. The molecule has 5 nitrogen and oxygen atoms in total. The first-order chi connectivity index (χ1) is 11.0. The van der Waals surface area contributed by atoms with Gasteiger partial charge < -0.3 is 9.47 Å². The number of aromatic nitrogens is 1. The number of carbonyl (C=O) groups excluding carboxylic acids is 1. The summed E-state index contributed by atoms with van der Waals surface area (Å²) < 4.78 is 25.2. The highest BCUT2D eigenvalue weighted by Gasteiger charge is 2.27. The van der Waals surface area contributed by atoms with E-state index in [-0.39, 0.29) is 17.4 Å². The Labute approximate surface area is 138 Å². The van der Waals surface area contributed by atoms with E-state index in [1.165, 1.54) is 32.1 Å². The molecule has 23 heavy (non-hydrogen) atoms. The number of hydrogen-bond acceptors (Lipinski definition) is 3. The Kier molecular flexibility index (Phi) is 4.80. The van der Waals surface area contributed by atoms with Crippen LogP contribution >= 0.6 is 0 Å². The zero-order valence-electron chi connectivity index (χ0n) is 13.8. The van der Waals surface area contributed by atoms with Crippen molar-refractivity contribution < 1.29 is 13.2 Å². The summed E-state index contributed by atoms with van der Waals surface area (Å²) in [5, 5.41) is 0. The summed E-state index contributed by atoms with van der Waals surface area (Å²) in [7, 11) is -2.95. The average molecular weight is 338 g/mol. The highest BCUT2D eigenvalue weighted by molar-refractivity contribution is 7.91. The van der Waals surface area contributed by atoms with E-state index in [0.29, 0.717) is 13.1 Å². The van der Waals surface area contributed by atoms with Crippen LogP contribution in [0.15, 0.2) is 12.3 Å². The van der Waals surface area contributed by atoms with Crippen LogP contribution < -0.4 is 0 Å². The van der Waals surface area contributed by atoms with Gasteiger partial charge in [-0.2, -0.15) is 0 Å². The molecule has 2 heterocycles. The topological polar surface area (TPSA) is 59.4 Å². The molecule has 1 saturated heterocycles. The monoisotopic (exact) mass is 338 g/mol. The Morgan fingerprint density at radius 3 is 2.48 bits per heavy atom. The highest BCUT2D eigenvalue weighted by atomic mass is 32.2. The Morgan fingerprint density at radius 1 is 1.17 bits per heavy atom. The third-order valence-electron chi connectivity index (χ3n) is 5.28. The minimum atomic E-state index is -2.95. The molecule has 1 aliphatic carbocycles. The van der Waals surface area contributed by atoms with Crippen LogP contribution in [0.2, 0.25) is 0 Å². The summed E-state index contributed by atoms with van der Waals surface area (Å²) in [5.74, 6) is 0.860. The SMILES string of the molecule is Cc1c(C(=O)N2CCS(=O)(=O)CC2)ccn1CC1CCCCC1. The van der Waals surface area contributed by atoms with Crippen LogP contribution in [0.4, 0.5) is 0 Å². The van der Waals surface area contributed by atoms with Gasteiger partial charge in [-0.3, -0.25) is 4.79 Å². The van der Waals surface area contributed by atoms with Crippen molar-refractivity contribution >= 4 is 15.7 Å². The van der Waals surface area contributed by atoms with Crippen molar-refractivity contribution in [3.8, 4) is 0 Å². The Bertz CT molecular complexity index is 658. The van der Waals surface area contributed by atoms with Gasteiger partial charge in [0.15, 0.2) is 9.84 Å². The van der Waals surface area contributed by atoms with Gasteiger partial charge in [-0.25, -0.2) is 8.42 Å². The van der Waals surface area contributed by atoms with Gasteiger partial charge in [-0.05, 0) is 31.7 Å². The van der Waals surface area contributed by atoms with Crippen LogP contribution in [0.25, 0.3) is 0 Å². The van der Waals surface area contributed by atoms with Crippen molar-refractivity contribution in [2.45, 2.75) is 45.6 Å². The molecule has 0 bridgehead atoms. The number of rotatable bonds is 3. The maximum atomic E-state index is 12.7. The Morgan fingerprint density at radius 2 is 1.83 bits per heavy atom. The second-order valence-electron chi connectivity index (χ2n) is 6.92. The van der Waals surface area contributed by atoms with Gasteiger partial charge in [0.05, 0.1) is 17.1 Å². The third-order valence-corrected chi connectivity index (χ3v) is 6.89. The first kappa shape index (κ1) is 16.6. The zero-order chi connectivity index (χ0) is 16.4. The fourth-order valence-electron chi connectivity index (χ4n) is 3.71. The molecule has 128 valence electrons. The van der Waals surface area contributed by atoms with E-state index in [1.54, 1.807) is 4.90 Å². The van der Waals surface area contributed by atoms with E-state index < -0.39 is 9.84 Å². The second-order valence-corrected chi connectivity index (χ2v) is 9.22. The lowest BCUT2D eigenvalue weighted by Crippen LogP contribution is -2.43. The molecule has 1 saturated carbocycles. The van der Waals surface area contributed by atoms with Gasteiger partial charge in [-0.1, -0.05) is 19.3 Å². The van der Waals surface area contributed by atoms with Crippen molar-refractivity contribution in [1.82, 2.24) is 9.47 Å². The number of sulfone groups is 1. The number of amides is 1. The standard InChI is InChI=1S/C17H26N2O3S/c1-14-16(17(20)18-9-11-23(21,22)12-10-18)7-8-19(14)13-15-5-3-2-4-6-15/h7-8,15H,2-6,9-13H2,1H3. The fourth-order valence-corrected chi connectivity index (χ4v) is 4.91. The van der Waals surface area contributed by atoms with E-state index >= 15 is 0 Å². The van der Waals surface area contributed by atoms with Crippen LogP contribution in [0.1, 0.15) is 48.2 Å². The van der Waals surface area contributed by atoms with Gasteiger partial charge in [0.25, 0.3) is 5.91 Å². The molecule has 2 fully saturated rings. The lowest BCUT2D eigenvalue weighted by atomic mass is 9.89. The summed E-state index contributed by atoms with van der Waals surface area (Å²) in [6, 6.07) is 1.89. The average Bonchev–Trinajstić information content (AvgIpc) is 2.89. The van der Waals surface area contributed by atoms with E-state index in [2.05, 4.69) is 4.57 Å². The first-order valence-corrected chi connectivity index (χ1v) is 10.4. The Balaban J connectivity index is 1.67. The van der Waals surface area contributed by atoms with Gasteiger partial charge in [-0.15, -0.1) is 0 Å². The van der Waals surface area contributed by atoms with E-state index in [9.17, 15) is 13.2 Å². The number of nitrogens with zero attached hydrogens (tertiary/aromatic N) is 2. The molecule has 0 spiro atoms. The maximum absolute atomic E-state index is 12.7. The van der Waals surface area contributed by atoms with Crippen molar-refractivity contribution in [3.63, 3.8) is 0 Å². The van der Waals surface area contributed by atoms with Crippen LogP contribution in [0.3, 0.4) is 0 Å². The number of hydrogen-bond donors (Lipinski definition) is 0. The molecule has 1 aromatic heterocycles. The summed E-state index contributed by atoms with van der Waals surface area (Å²) in [4.78, 5) is 14.3. The van der Waals surface area contributed by atoms with Crippen LogP contribution in [0, 0.1) is 12.8 Å². The predicted molar refractivity (Wildman–Crippen MR) is 90.3 cm³/mol. The van der Waals surface area contributed by atoms with Gasteiger partial charge in [0.1, 0.15) is 0 Å². The number of carbonyl (C=O) groups is 1. The second kappa shape index (κ2) is 6.67. The molecule has 6 heteroatoms. The zero-order valence-corrected chi connectivity index (χ0v) is 14.6. The van der Waals surface area contributed by atoms with Crippen molar-refractivity contribution in [1.29, 1.82) is 0 Å². The van der Waals surface area contributed by atoms with E-state index in [1.807, 2.05) is 19.2 Å². The lowest BCUT2D eigenvalue weighted by Gasteiger charge is -2.27. The van der Waals surface area contributed by atoms with Crippen LogP contribution in [-0.4, -0.2) is 48.4 Å². The van der Waals surface area contributed by atoms with Crippen molar-refractivity contribution in [2.24, 2.45) is 5.92 Å². The van der Waals surface area contributed by atoms with E-state index in [0.717, 1.165) is 23.7 Å². The van der Waals surface area contributed by atoms with Gasteiger partial charge in [0, 0.05) is 31.5 Å². The molecule has 1 amide bonds. The third kappa shape index (κ3) is 3.79. The first-order valence-electron chi connectivity index (χ1n) is 8.62. The molecule has 3 rings (SSSR count). The van der Waals surface area contributed by atoms with Crippen LogP contribution in [-0.2, 0) is 16.4 Å². The summed E-state index contributed by atoms with van der Waals surface area (Å²) in [6.45, 7) is 3.62. The maximum Gasteiger partial charge on any atom is 0.255 e. The Hall–Kier alpha value is -1.30. The van der Waals surface area contributed by atoms with Crippen molar-refractivity contribution in [3.05, 3.63) is 23.5 Å². The molecular weight excluding hydrogens is 312 g/mol. The van der Waals surface area contributed by atoms with Gasteiger partial charge >= 0.3 is 0 Å². The minimum Gasteiger partial charge on any atom is -0.351 e. The van der Waals surface area contributed by atoms with Gasteiger partial charge in [0.2, 0.25) is 0 Å². The predicted octanol–water partition coefficient (Wildman–Crippen LogP) is 2.25. The summed E-state index contributed by atoms with van der Waals surface area (Å²) in [5.41, 5.74) is 1.73. The highest BCUT2D eigenvalue weighted by Crippen LogP contribution is 2.26. The molecule has 2 aliphatic rings. The molecule has 1 aromatic rings. The molecule has 0 N–H and O–H groups in total. The molecule has 0 atom stereocenters. The smallest absolute Gasteiger partial charge is 0.255 e. The lowest BCUT2D eigenvalue weighted by molar-refractivity contribution is 0.0769. The largest absolute Gasteiger partial charge is 0.351 e.